The molecular formula is C18H22O3S. The highest BCUT2D eigenvalue weighted by Gasteiger charge is 2.53. The summed E-state index contributed by atoms with van der Waals surface area (Å²) in [5.41, 5.74) is -0.824. The number of hydrogen-bond donors (Lipinski definition) is 0. The van der Waals surface area contributed by atoms with Crippen molar-refractivity contribution in [3.05, 3.63) is 30.3 Å². The summed E-state index contributed by atoms with van der Waals surface area (Å²) in [6, 6.07) is 9.15. The molecule has 1 spiro atoms. The molecule has 118 valence electrons. The van der Waals surface area contributed by atoms with Crippen LogP contribution in [0.4, 0.5) is 0 Å². The molecule has 3 rings (SSSR count). The Labute approximate surface area is 133 Å². The Balaban J connectivity index is 1.84. The van der Waals surface area contributed by atoms with Crippen molar-refractivity contribution in [2.75, 3.05) is 0 Å². The summed E-state index contributed by atoms with van der Waals surface area (Å²) in [7, 11) is -1.34. The van der Waals surface area contributed by atoms with Crippen LogP contribution in [0.1, 0.15) is 51.4 Å². The second-order valence-corrected chi connectivity index (χ2v) is 8.06. The molecule has 0 aromatic heterocycles. The van der Waals surface area contributed by atoms with Gasteiger partial charge in [-0.25, -0.2) is 0 Å². The standard InChI is InChI=1S/C18H22O3S/c19-16-10-6-1-2-7-12-18(16)13-11-15(17(18)20)22(21)14-8-4-3-5-9-14/h3-5,8-9,15H,1-2,6-7,10-13H2. The molecule has 1 aromatic rings. The van der Waals surface area contributed by atoms with Crippen LogP contribution in [0.25, 0.3) is 0 Å². The van der Waals surface area contributed by atoms with Crippen LogP contribution in [0.5, 0.6) is 0 Å². The lowest BCUT2D eigenvalue weighted by atomic mass is 9.73. The van der Waals surface area contributed by atoms with Crippen molar-refractivity contribution in [1.82, 2.24) is 0 Å². The van der Waals surface area contributed by atoms with Gasteiger partial charge >= 0.3 is 0 Å². The molecule has 0 N–H and O–H groups in total. The molecule has 3 atom stereocenters. The number of carbonyl (C=O) groups is 2. The Morgan fingerprint density at radius 3 is 2.45 bits per heavy atom. The molecule has 0 aliphatic heterocycles. The summed E-state index contributed by atoms with van der Waals surface area (Å²) in [5, 5.41) is -0.509. The predicted octanol–water partition coefficient (Wildman–Crippen LogP) is 3.44. The summed E-state index contributed by atoms with van der Waals surface area (Å²) in [5.74, 6) is 0.0475. The number of ketones is 2. The fourth-order valence-electron chi connectivity index (χ4n) is 3.83. The van der Waals surface area contributed by atoms with Gasteiger partial charge in [0.25, 0.3) is 0 Å². The van der Waals surface area contributed by atoms with Crippen LogP contribution in [0.3, 0.4) is 0 Å². The summed E-state index contributed by atoms with van der Waals surface area (Å²) in [4.78, 5) is 26.2. The van der Waals surface area contributed by atoms with Gasteiger partial charge in [0.05, 0.1) is 21.5 Å². The van der Waals surface area contributed by atoms with E-state index in [0.29, 0.717) is 30.6 Å². The number of rotatable bonds is 2. The van der Waals surface area contributed by atoms with Crippen LogP contribution >= 0.6 is 0 Å². The van der Waals surface area contributed by atoms with Gasteiger partial charge in [-0.1, -0.05) is 37.5 Å². The van der Waals surface area contributed by atoms with Crippen molar-refractivity contribution in [3.8, 4) is 0 Å². The average Bonchev–Trinajstić information content (AvgIpc) is 2.87. The molecule has 22 heavy (non-hydrogen) atoms. The van der Waals surface area contributed by atoms with E-state index in [4.69, 9.17) is 0 Å². The molecule has 0 heterocycles. The number of carbonyl (C=O) groups excluding carboxylic acids is 2. The van der Waals surface area contributed by atoms with Crippen molar-refractivity contribution in [2.24, 2.45) is 5.41 Å². The van der Waals surface area contributed by atoms with E-state index in [0.717, 1.165) is 25.7 Å². The molecule has 0 saturated heterocycles. The second kappa shape index (κ2) is 6.45. The largest absolute Gasteiger partial charge is 0.299 e. The summed E-state index contributed by atoms with van der Waals surface area (Å²) < 4.78 is 12.7. The van der Waals surface area contributed by atoms with Crippen LogP contribution in [0.15, 0.2) is 35.2 Å². The SMILES string of the molecule is O=C1CCCCCCC12CCC(S(=O)c1ccccc1)C2=O. The summed E-state index contributed by atoms with van der Waals surface area (Å²) in [6.07, 6.45) is 6.33. The third kappa shape index (κ3) is 2.69. The van der Waals surface area contributed by atoms with E-state index in [9.17, 15) is 13.8 Å². The number of Topliss-reactive ketones (excluding diaryl/α,β-unsaturated/α-hetero) is 2. The van der Waals surface area contributed by atoms with Gasteiger partial charge < -0.3 is 0 Å². The van der Waals surface area contributed by atoms with Gasteiger partial charge in [-0.3, -0.25) is 13.8 Å². The molecule has 2 aliphatic carbocycles. The third-order valence-corrected chi connectivity index (χ3v) is 6.83. The van der Waals surface area contributed by atoms with E-state index < -0.39 is 21.5 Å². The number of hydrogen-bond acceptors (Lipinski definition) is 3. The average molecular weight is 318 g/mol. The van der Waals surface area contributed by atoms with Gasteiger partial charge in [-0.05, 0) is 37.8 Å². The molecule has 0 amide bonds. The van der Waals surface area contributed by atoms with Crippen molar-refractivity contribution in [1.29, 1.82) is 0 Å². The van der Waals surface area contributed by atoms with Gasteiger partial charge in [0.2, 0.25) is 0 Å². The van der Waals surface area contributed by atoms with Gasteiger partial charge in [-0.2, -0.15) is 0 Å². The Hall–Kier alpha value is -1.29. The predicted molar refractivity (Wildman–Crippen MR) is 86.0 cm³/mol. The Morgan fingerprint density at radius 2 is 1.68 bits per heavy atom. The second-order valence-electron chi connectivity index (χ2n) is 6.42. The van der Waals surface area contributed by atoms with E-state index in [2.05, 4.69) is 0 Å². The lowest BCUT2D eigenvalue weighted by Gasteiger charge is -2.28. The molecular weight excluding hydrogens is 296 g/mol. The molecule has 0 radical (unpaired) electrons. The molecule has 2 fully saturated rings. The van der Waals surface area contributed by atoms with Crippen LogP contribution in [0.2, 0.25) is 0 Å². The zero-order chi connectivity index (χ0) is 15.6. The fourth-order valence-corrected chi connectivity index (χ4v) is 5.34. The molecule has 2 aliphatic rings. The van der Waals surface area contributed by atoms with Crippen LogP contribution in [-0.2, 0) is 20.4 Å². The first-order valence-corrected chi connectivity index (χ1v) is 9.40. The summed E-state index contributed by atoms with van der Waals surface area (Å²) >= 11 is 0. The zero-order valence-corrected chi connectivity index (χ0v) is 13.6. The first-order valence-electron chi connectivity index (χ1n) is 8.18. The van der Waals surface area contributed by atoms with Crippen LogP contribution < -0.4 is 0 Å². The Bertz CT molecular complexity index is 596. The van der Waals surface area contributed by atoms with E-state index in [1.54, 1.807) is 12.1 Å². The zero-order valence-electron chi connectivity index (χ0n) is 12.8. The lowest BCUT2D eigenvalue weighted by molar-refractivity contribution is -0.139. The third-order valence-electron chi connectivity index (χ3n) is 5.12. The molecule has 3 nitrogen and oxygen atoms in total. The highest BCUT2D eigenvalue weighted by Crippen LogP contribution is 2.45. The minimum absolute atomic E-state index is 0.0541. The quantitative estimate of drug-likeness (QED) is 0.785. The first kappa shape index (κ1) is 15.6. The van der Waals surface area contributed by atoms with Gasteiger partial charge in [0, 0.05) is 11.3 Å². The minimum atomic E-state index is -1.34. The fraction of sp³-hybridized carbons (Fsp3) is 0.556. The highest BCUT2D eigenvalue weighted by molar-refractivity contribution is 7.86. The normalized spacial score (nSPS) is 31.0. The lowest BCUT2D eigenvalue weighted by Crippen LogP contribution is -2.40. The molecule has 1 aromatic carbocycles. The smallest absolute Gasteiger partial charge is 0.162 e. The highest BCUT2D eigenvalue weighted by atomic mass is 32.2. The van der Waals surface area contributed by atoms with Crippen LogP contribution in [0, 0.1) is 5.41 Å². The minimum Gasteiger partial charge on any atom is -0.299 e. The van der Waals surface area contributed by atoms with E-state index >= 15 is 0 Å². The molecule has 0 bridgehead atoms. The Morgan fingerprint density at radius 1 is 0.955 bits per heavy atom. The maximum Gasteiger partial charge on any atom is 0.162 e. The Kier molecular flexibility index (Phi) is 4.57. The topological polar surface area (TPSA) is 51.2 Å². The van der Waals surface area contributed by atoms with Crippen molar-refractivity contribution >= 4 is 22.4 Å². The molecule has 4 heteroatoms. The first-order chi connectivity index (χ1) is 10.6. The maximum absolute atomic E-state index is 13.0. The van der Waals surface area contributed by atoms with Gasteiger partial charge in [-0.15, -0.1) is 0 Å². The van der Waals surface area contributed by atoms with E-state index in [-0.39, 0.29) is 11.6 Å². The maximum atomic E-state index is 13.0. The van der Waals surface area contributed by atoms with E-state index in [1.807, 2.05) is 18.2 Å². The molecule has 3 unspecified atom stereocenters. The number of benzene rings is 1. The van der Waals surface area contributed by atoms with Crippen LogP contribution in [-0.4, -0.2) is 21.0 Å². The van der Waals surface area contributed by atoms with E-state index in [1.165, 1.54) is 0 Å². The molecule has 2 saturated carbocycles. The van der Waals surface area contributed by atoms with Crippen molar-refractivity contribution < 1.29 is 13.8 Å². The monoisotopic (exact) mass is 318 g/mol. The van der Waals surface area contributed by atoms with Crippen molar-refractivity contribution in [3.63, 3.8) is 0 Å². The van der Waals surface area contributed by atoms with Gasteiger partial charge in [0.15, 0.2) is 5.78 Å². The van der Waals surface area contributed by atoms with Gasteiger partial charge in [0.1, 0.15) is 5.78 Å². The van der Waals surface area contributed by atoms with Crippen molar-refractivity contribution in [2.45, 2.75) is 61.5 Å². The summed E-state index contributed by atoms with van der Waals surface area (Å²) in [6.45, 7) is 0.